The van der Waals surface area contributed by atoms with Crippen LogP contribution in [0.1, 0.15) is 32.6 Å². The molecule has 1 unspecified atom stereocenters. The molecule has 0 spiro atoms. The molecule has 0 radical (unpaired) electrons. The first-order valence-corrected chi connectivity index (χ1v) is 6.73. The van der Waals surface area contributed by atoms with Crippen molar-refractivity contribution >= 4 is 5.69 Å². The lowest BCUT2D eigenvalue weighted by Gasteiger charge is -2.23. The third-order valence-electron chi connectivity index (χ3n) is 3.90. The van der Waals surface area contributed by atoms with Crippen molar-refractivity contribution in [3.63, 3.8) is 0 Å². The van der Waals surface area contributed by atoms with E-state index in [9.17, 15) is 0 Å². The lowest BCUT2D eigenvalue weighted by molar-refractivity contribution is 0.402. The topological polar surface area (TPSA) is 30.5 Å². The van der Waals surface area contributed by atoms with Gasteiger partial charge < -0.3 is 14.8 Å². The zero-order chi connectivity index (χ0) is 13.0. The first kappa shape index (κ1) is 13.1. The van der Waals surface area contributed by atoms with E-state index < -0.39 is 0 Å². The van der Waals surface area contributed by atoms with Gasteiger partial charge in [0.2, 0.25) is 0 Å². The average Bonchev–Trinajstić information content (AvgIpc) is 2.92. The number of hydrogen-bond donors (Lipinski definition) is 1. The molecule has 0 aliphatic heterocycles. The number of ether oxygens (including phenoxy) is 2. The van der Waals surface area contributed by atoms with Crippen LogP contribution in [-0.4, -0.2) is 20.3 Å². The fourth-order valence-electron chi connectivity index (χ4n) is 2.75. The quantitative estimate of drug-likeness (QED) is 0.863. The summed E-state index contributed by atoms with van der Waals surface area (Å²) in [5.41, 5.74) is 1.02. The Bertz CT molecular complexity index is 386. The summed E-state index contributed by atoms with van der Waals surface area (Å²) >= 11 is 0. The van der Waals surface area contributed by atoms with E-state index >= 15 is 0 Å². The standard InChI is InChI=1S/C15H23NO2/c1-11(12-6-4-5-7-12)16-14-10-13(17-2)8-9-15(14)18-3/h8-12,16H,4-7H2,1-3H3. The summed E-state index contributed by atoms with van der Waals surface area (Å²) in [6.07, 6.45) is 5.40. The second-order valence-electron chi connectivity index (χ2n) is 5.04. The predicted octanol–water partition coefficient (Wildman–Crippen LogP) is 3.69. The van der Waals surface area contributed by atoms with Crippen LogP contribution in [0.4, 0.5) is 5.69 Å². The first-order chi connectivity index (χ1) is 8.74. The monoisotopic (exact) mass is 249 g/mol. The van der Waals surface area contributed by atoms with Crippen molar-refractivity contribution < 1.29 is 9.47 Å². The highest BCUT2D eigenvalue weighted by Gasteiger charge is 2.22. The normalized spacial score (nSPS) is 17.5. The minimum Gasteiger partial charge on any atom is -0.497 e. The Hall–Kier alpha value is -1.38. The van der Waals surface area contributed by atoms with E-state index in [0.29, 0.717) is 6.04 Å². The number of nitrogens with one attached hydrogen (secondary N) is 1. The minimum absolute atomic E-state index is 0.480. The molecule has 1 saturated carbocycles. The second kappa shape index (κ2) is 5.98. The number of hydrogen-bond acceptors (Lipinski definition) is 3. The van der Waals surface area contributed by atoms with Gasteiger partial charge in [-0.1, -0.05) is 12.8 Å². The highest BCUT2D eigenvalue weighted by molar-refractivity contribution is 5.60. The molecule has 0 saturated heterocycles. The Balaban J connectivity index is 2.10. The van der Waals surface area contributed by atoms with Gasteiger partial charge in [-0.15, -0.1) is 0 Å². The molecular formula is C15H23NO2. The van der Waals surface area contributed by atoms with Gasteiger partial charge in [0, 0.05) is 12.1 Å². The molecular weight excluding hydrogens is 226 g/mol. The van der Waals surface area contributed by atoms with Crippen LogP contribution >= 0.6 is 0 Å². The summed E-state index contributed by atoms with van der Waals surface area (Å²) < 4.78 is 10.7. The van der Waals surface area contributed by atoms with Gasteiger partial charge in [-0.2, -0.15) is 0 Å². The zero-order valence-corrected chi connectivity index (χ0v) is 11.5. The highest BCUT2D eigenvalue weighted by atomic mass is 16.5. The van der Waals surface area contributed by atoms with E-state index in [1.807, 2.05) is 18.2 Å². The van der Waals surface area contributed by atoms with Crippen molar-refractivity contribution in [3.05, 3.63) is 18.2 Å². The molecule has 3 heteroatoms. The molecule has 1 aromatic rings. The highest BCUT2D eigenvalue weighted by Crippen LogP contribution is 2.33. The van der Waals surface area contributed by atoms with Crippen molar-refractivity contribution in [1.29, 1.82) is 0 Å². The molecule has 100 valence electrons. The fourth-order valence-corrected chi connectivity index (χ4v) is 2.75. The van der Waals surface area contributed by atoms with Gasteiger partial charge >= 0.3 is 0 Å². The molecule has 1 aromatic carbocycles. The summed E-state index contributed by atoms with van der Waals surface area (Å²) in [6.45, 7) is 2.26. The molecule has 0 heterocycles. The Kier molecular flexibility index (Phi) is 4.34. The summed E-state index contributed by atoms with van der Waals surface area (Å²) in [5, 5.41) is 3.57. The van der Waals surface area contributed by atoms with Crippen LogP contribution in [0.2, 0.25) is 0 Å². The first-order valence-electron chi connectivity index (χ1n) is 6.73. The van der Waals surface area contributed by atoms with Crippen LogP contribution in [0, 0.1) is 5.92 Å². The Morgan fingerprint density at radius 3 is 2.50 bits per heavy atom. The van der Waals surface area contributed by atoms with E-state index in [1.165, 1.54) is 25.7 Å². The van der Waals surface area contributed by atoms with Crippen LogP contribution < -0.4 is 14.8 Å². The van der Waals surface area contributed by atoms with Gasteiger partial charge in [-0.3, -0.25) is 0 Å². The zero-order valence-electron chi connectivity index (χ0n) is 11.5. The van der Waals surface area contributed by atoms with Crippen molar-refractivity contribution in [2.45, 2.75) is 38.6 Å². The Morgan fingerprint density at radius 1 is 1.17 bits per heavy atom. The van der Waals surface area contributed by atoms with E-state index in [1.54, 1.807) is 14.2 Å². The predicted molar refractivity (Wildman–Crippen MR) is 74.6 cm³/mol. The fraction of sp³-hybridized carbons (Fsp3) is 0.600. The van der Waals surface area contributed by atoms with Gasteiger partial charge in [0.05, 0.1) is 19.9 Å². The minimum atomic E-state index is 0.480. The van der Waals surface area contributed by atoms with Crippen LogP contribution in [0.15, 0.2) is 18.2 Å². The Labute approximate surface area is 109 Å². The van der Waals surface area contributed by atoms with Crippen LogP contribution in [0.5, 0.6) is 11.5 Å². The smallest absolute Gasteiger partial charge is 0.142 e. The summed E-state index contributed by atoms with van der Waals surface area (Å²) in [7, 11) is 3.39. The maximum atomic E-state index is 5.39. The molecule has 2 rings (SSSR count). The average molecular weight is 249 g/mol. The molecule has 0 bridgehead atoms. The van der Waals surface area contributed by atoms with Crippen LogP contribution in [-0.2, 0) is 0 Å². The van der Waals surface area contributed by atoms with Gasteiger partial charge in [-0.25, -0.2) is 0 Å². The summed E-state index contributed by atoms with van der Waals surface area (Å²) in [4.78, 5) is 0. The van der Waals surface area contributed by atoms with E-state index in [0.717, 1.165) is 23.1 Å². The number of benzene rings is 1. The number of anilines is 1. The third kappa shape index (κ3) is 2.89. The number of methoxy groups -OCH3 is 2. The lowest BCUT2D eigenvalue weighted by Crippen LogP contribution is -2.24. The van der Waals surface area contributed by atoms with Gasteiger partial charge in [0.1, 0.15) is 11.5 Å². The maximum absolute atomic E-state index is 5.39. The number of rotatable bonds is 5. The van der Waals surface area contributed by atoms with E-state index in [2.05, 4.69) is 12.2 Å². The second-order valence-corrected chi connectivity index (χ2v) is 5.04. The molecule has 0 aromatic heterocycles. The molecule has 1 N–H and O–H groups in total. The lowest BCUT2D eigenvalue weighted by atomic mass is 9.99. The largest absolute Gasteiger partial charge is 0.497 e. The Morgan fingerprint density at radius 2 is 1.89 bits per heavy atom. The van der Waals surface area contributed by atoms with Crippen molar-refractivity contribution in [2.24, 2.45) is 5.92 Å². The van der Waals surface area contributed by atoms with Gasteiger partial charge in [-0.05, 0) is 37.8 Å². The molecule has 0 amide bonds. The maximum Gasteiger partial charge on any atom is 0.142 e. The van der Waals surface area contributed by atoms with Crippen molar-refractivity contribution in [1.82, 2.24) is 0 Å². The molecule has 1 atom stereocenters. The van der Waals surface area contributed by atoms with Gasteiger partial charge in [0.15, 0.2) is 0 Å². The van der Waals surface area contributed by atoms with Crippen molar-refractivity contribution in [2.75, 3.05) is 19.5 Å². The third-order valence-corrected chi connectivity index (χ3v) is 3.90. The van der Waals surface area contributed by atoms with Crippen LogP contribution in [0.3, 0.4) is 0 Å². The molecule has 3 nitrogen and oxygen atoms in total. The summed E-state index contributed by atoms with van der Waals surface area (Å²) in [5.74, 6) is 2.51. The van der Waals surface area contributed by atoms with Crippen LogP contribution in [0.25, 0.3) is 0 Å². The molecule has 18 heavy (non-hydrogen) atoms. The SMILES string of the molecule is COc1ccc(OC)c(NC(C)C2CCCC2)c1. The van der Waals surface area contributed by atoms with Gasteiger partial charge in [0.25, 0.3) is 0 Å². The van der Waals surface area contributed by atoms with E-state index in [4.69, 9.17) is 9.47 Å². The molecule has 1 fully saturated rings. The van der Waals surface area contributed by atoms with E-state index in [-0.39, 0.29) is 0 Å². The molecule has 1 aliphatic carbocycles. The van der Waals surface area contributed by atoms with Crippen molar-refractivity contribution in [3.8, 4) is 11.5 Å². The summed E-state index contributed by atoms with van der Waals surface area (Å²) in [6, 6.07) is 6.35. The molecule has 1 aliphatic rings.